The summed E-state index contributed by atoms with van der Waals surface area (Å²) in [6, 6.07) is 0.306. The molecule has 17 heavy (non-hydrogen) atoms. The van der Waals surface area contributed by atoms with Crippen LogP contribution >= 0.6 is 0 Å². The van der Waals surface area contributed by atoms with Gasteiger partial charge in [0.2, 0.25) is 5.91 Å². The number of methoxy groups -OCH3 is 1. The Labute approximate surface area is 103 Å². The highest BCUT2D eigenvalue weighted by Crippen LogP contribution is 2.11. The second-order valence-corrected chi connectivity index (χ2v) is 4.45. The molecule has 5 nitrogen and oxygen atoms in total. The first-order valence-corrected chi connectivity index (χ1v) is 6.39. The number of amides is 1. The van der Waals surface area contributed by atoms with Crippen LogP contribution in [0.2, 0.25) is 0 Å². The number of piperidine rings is 1. The van der Waals surface area contributed by atoms with Crippen LogP contribution in [-0.2, 0) is 9.53 Å². The molecule has 1 rings (SSSR count). The van der Waals surface area contributed by atoms with Gasteiger partial charge in [0.1, 0.15) is 0 Å². The van der Waals surface area contributed by atoms with Crippen LogP contribution in [0.1, 0.15) is 25.7 Å². The van der Waals surface area contributed by atoms with Gasteiger partial charge in [-0.3, -0.25) is 4.79 Å². The van der Waals surface area contributed by atoms with Gasteiger partial charge in [-0.15, -0.1) is 0 Å². The Hall–Kier alpha value is -0.650. The number of rotatable bonds is 7. The number of carbonyl (C=O) groups excluding carboxylic acids is 1. The number of aliphatic hydroxyl groups is 1. The minimum atomic E-state index is 0.00749. The Morgan fingerprint density at radius 1 is 1.47 bits per heavy atom. The van der Waals surface area contributed by atoms with Crippen molar-refractivity contribution in [2.45, 2.75) is 31.7 Å². The van der Waals surface area contributed by atoms with Crippen LogP contribution in [0, 0.1) is 0 Å². The smallest absolute Gasteiger partial charge is 0.224 e. The van der Waals surface area contributed by atoms with Crippen LogP contribution in [-0.4, -0.2) is 61.9 Å². The van der Waals surface area contributed by atoms with Crippen molar-refractivity contribution in [1.29, 1.82) is 0 Å². The molecule has 1 aliphatic rings. The van der Waals surface area contributed by atoms with Gasteiger partial charge in [0.15, 0.2) is 0 Å². The van der Waals surface area contributed by atoms with Crippen LogP contribution < -0.4 is 5.32 Å². The lowest BCUT2D eigenvalue weighted by Gasteiger charge is -2.27. The normalized spacial score (nSPS) is 20.2. The van der Waals surface area contributed by atoms with Gasteiger partial charge in [0.05, 0.1) is 13.2 Å². The van der Waals surface area contributed by atoms with E-state index in [1.165, 1.54) is 12.8 Å². The first-order valence-electron chi connectivity index (χ1n) is 6.39. The predicted octanol–water partition coefficient (Wildman–Crippen LogP) is -0.0141. The molecule has 1 fully saturated rings. The number of ether oxygens (including phenoxy) is 1. The molecule has 1 saturated heterocycles. The first kappa shape index (κ1) is 14.4. The van der Waals surface area contributed by atoms with Crippen LogP contribution in [0.25, 0.3) is 0 Å². The van der Waals surface area contributed by atoms with Crippen molar-refractivity contribution in [3.63, 3.8) is 0 Å². The molecule has 0 aromatic carbocycles. The molecular formula is C12H24N2O3. The van der Waals surface area contributed by atoms with E-state index in [9.17, 15) is 4.79 Å². The predicted molar refractivity (Wildman–Crippen MR) is 65.8 cm³/mol. The van der Waals surface area contributed by atoms with Crippen molar-refractivity contribution < 1.29 is 14.6 Å². The Balaban J connectivity index is 2.34. The Morgan fingerprint density at radius 3 is 2.88 bits per heavy atom. The number of nitrogens with one attached hydrogen (secondary N) is 1. The van der Waals surface area contributed by atoms with Crippen molar-refractivity contribution in [3.05, 3.63) is 0 Å². The Morgan fingerprint density at radius 2 is 2.29 bits per heavy atom. The van der Waals surface area contributed by atoms with Crippen LogP contribution in [0.15, 0.2) is 0 Å². The second-order valence-electron chi connectivity index (χ2n) is 4.45. The zero-order chi connectivity index (χ0) is 12.5. The van der Waals surface area contributed by atoms with E-state index < -0.39 is 0 Å². The Bertz CT molecular complexity index is 218. The van der Waals surface area contributed by atoms with Gasteiger partial charge >= 0.3 is 0 Å². The topological polar surface area (TPSA) is 61.8 Å². The maximum absolute atomic E-state index is 12.0. The fourth-order valence-electron chi connectivity index (χ4n) is 2.12. The lowest BCUT2D eigenvalue weighted by molar-refractivity contribution is -0.133. The maximum atomic E-state index is 12.0. The summed E-state index contributed by atoms with van der Waals surface area (Å²) in [7, 11) is 1.62. The molecular weight excluding hydrogens is 220 g/mol. The molecule has 0 aromatic rings. The molecule has 0 aromatic heterocycles. The molecule has 5 heteroatoms. The molecule has 0 saturated carbocycles. The fourth-order valence-corrected chi connectivity index (χ4v) is 2.12. The zero-order valence-electron chi connectivity index (χ0n) is 10.7. The monoisotopic (exact) mass is 244 g/mol. The molecule has 2 N–H and O–H groups in total. The number of aliphatic hydroxyl groups excluding tert-OH is 1. The van der Waals surface area contributed by atoms with Crippen molar-refractivity contribution in [1.82, 2.24) is 10.2 Å². The summed E-state index contributed by atoms with van der Waals surface area (Å²) >= 11 is 0. The van der Waals surface area contributed by atoms with E-state index in [2.05, 4.69) is 5.32 Å². The van der Waals surface area contributed by atoms with Gasteiger partial charge < -0.3 is 20.1 Å². The standard InChI is InChI=1S/C12H24N2O3/c1-17-9-7-14(6-8-15)12(16)10-11-4-2-3-5-13-11/h11,13,15H,2-10H2,1H3. The van der Waals surface area contributed by atoms with Gasteiger partial charge in [-0.25, -0.2) is 0 Å². The largest absolute Gasteiger partial charge is 0.395 e. The molecule has 0 aliphatic carbocycles. The molecule has 0 radical (unpaired) electrons. The number of hydrogen-bond donors (Lipinski definition) is 2. The van der Waals surface area contributed by atoms with E-state index >= 15 is 0 Å². The molecule has 0 bridgehead atoms. The van der Waals surface area contributed by atoms with E-state index in [1.807, 2.05) is 0 Å². The SMILES string of the molecule is COCCN(CCO)C(=O)CC1CCCCN1. The van der Waals surface area contributed by atoms with Crippen molar-refractivity contribution in [2.75, 3.05) is 40.0 Å². The van der Waals surface area contributed by atoms with Gasteiger partial charge in [0.25, 0.3) is 0 Å². The van der Waals surface area contributed by atoms with Crippen LogP contribution in [0.4, 0.5) is 0 Å². The van der Waals surface area contributed by atoms with Crippen molar-refractivity contribution in [3.8, 4) is 0 Å². The highest BCUT2D eigenvalue weighted by molar-refractivity contribution is 5.76. The average molecular weight is 244 g/mol. The third kappa shape index (κ3) is 5.48. The summed E-state index contributed by atoms with van der Waals surface area (Å²) in [6.45, 7) is 2.49. The first-order chi connectivity index (χ1) is 8.27. The summed E-state index contributed by atoms with van der Waals surface area (Å²) in [5.74, 6) is 0.107. The van der Waals surface area contributed by atoms with E-state index in [1.54, 1.807) is 12.0 Å². The fraction of sp³-hybridized carbons (Fsp3) is 0.917. The van der Waals surface area contributed by atoms with E-state index in [-0.39, 0.29) is 12.5 Å². The lowest BCUT2D eigenvalue weighted by Crippen LogP contribution is -2.42. The third-order valence-electron chi connectivity index (χ3n) is 3.12. The van der Waals surface area contributed by atoms with Gasteiger partial charge in [-0.2, -0.15) is 0 Å². The summed E-state index contributed by atoms with van der Waals surface area (Å²) in [5.41, 5.74) is 0. The number of hydrogen-bond acceptors (Lipinski definition) is 4. The van der Waals surface area contributed by atoms with E-state index in [0.717, 1.165) is 13.0 Å². The Kier molecular flexibility index (Phi) is 7.16. The minimum absolute atomic E-state index is 0.00749. The zero-order valence-corrected chi connectivity index (χ0v) is 10.7. The second kappa shape index (κ2) is 8.44. The van der Waals surface area contributed by atoms with E-state index in [0.29, 0.717) is 32.2 Å². The van der Waals surface area contributed by atoms with Crippen molar-refractivity contribution >= 4 is 5.91 Å². The summed E-state index contributed by atoms with van der Waals surface area (Å²) < 4.78 is 4.97. The average Bonchev–Trinajstić information content (AvgIpc) is 2.35. The third-order valence-corrected chi connectivity index (χ3v) is 3.12. The summed E-state index contributed by atoms with van der Waals surface area (Å²) in [4.78, 5) is 13.7. The molecule has 1 atom stereocenters. The molecule has 100 valence electrons. The minimum Gasteiger partial charge on any atom is -0.395 e. The van der Waals surface area contributed by atoms with E-state index in [4.69, 9.17) is 9.84 Å². The highest BCUT2D eigenvalue weighted by atomic mass is 16.5. The highest BCUT2D eigenvalue weighted by Gasteiger charge is 2.20. The van der Waals surface area contributed by atoms with Gasteiger partial charge in [-0.1, -0.05) is 6.42 Å². The van der Waals surface area contributed by atoms with Crippen LogP contribution in [0.5, 0.6) is 0 Å². The molecule has 0 spiro atoms. The van der Waals surface area contributed by atoms with Gasteiger partial charge in [0, 0.05) is 32.7 Å². The number of nitrogens with zero attached hydrogens (tertiary/aromatic N) is 1. The van der Waals surface area contributed by atoms with Gasteiger partial charge in [-0.05, 0) is 19.4 Å². The van der Waals surface area contributed by atoms with Crippen LogP contribution in [0.3, 0.4) is 0 Å². The lowest BCUT2D eigenvalue weighted by atomic mass is 10.0. The quantitative estimate of drug-likeness (QED) is 0.661. The summed E-state index contributed by atoms with van der Waals surface area (Å²) in [5, 5.41) is 12.3. The molecule has 1 heterocycles. The maximum Gasteiger partial charge on any atom is 0.224 e. The molecule has 1 aliphatic heterocycles. The summed E-state index contributed by atoms with van der Waals surface area (Å²) in [6.07, 6.45) is 4.00. The molecule has 1 amide bonds. The molecule has 1 unspecified atom stereocenters. The van der Waals surface area contributed by atoms with Crippen molar-refractivity contribution in [2.24, 2.45) is 0 Å². The number of carbonyl (C=O) groups is 1.